The van der Waals surface area contributed by atoms with Gasteiger partial charge < -0.3 is 14.8 Å². The number of hydrogen-bond acceptors (Lipinski definition) is 3. The van der Waals surface area contributed by atoms with Crippen LogP contribution < -0.4 is 10.1 Å². The first-order chi connectivity index (χ1) is 9.40. The molecule has 7 heteroatoms. The number of rotatable bonds is 7. The number of amides is 1. The van der Waals surface area contributed by atoms with Gasteiger partial charge in [0, 0.05) is 7.11 Å². The molecule has 0 aliphatic heterocycles. The Hall–Kier alpha value is -1.76. The van der Waals surface area contributed by atoms with Crippen molar-refractivity contribution in [3.05, 3.63) is 29.8 Å². The molecule has 20 heavy (non-hydrogen) atoms. The summed E-state index contributed by atoms with van der Waals surface area (Å²) in [5.41, 5.74) is 1.04. The summed E-state index contributed by atoms with van der Waals surface area (Å²) < 4.78 is 45.6. The van der Waals surface area contributed by atoms with E-state index in [2.05, 4.69) is 0 Å². The molecule has 1 N–H and O–H groups in total. The molecule has 0 aromatic heterocycles. The molecule has 0 radical (unpaired) electrons. The van der Waals surface area contributed by atoms with E-state index in [0.717, 1.165) is 12.0 Å². The van der Waals surface area contributed by atoms with Crippen LogP contribution in [0.1, 0.15) is 5.56 Å². The number of halogens is 3. The molecule has 0 spiro atoms. The Bertz CT molecular complexity index is 418. The summed E-state index contributed by atoms with van der Waals surface area (Å²) in [6, 6.07) is 6.92. The van der Waals surface area contributed by atoms with E-state index in [-0.39, 0.29) is 0 Å². The zero-order valence-electron chi connectivity index (χ0n) is 11.0. The van der Waals surface area contributed by atoms with Crippen LogP contribution in [0, 0.1) is 0 Å². The van der Waals surface area contributed by atoms with Crippen molar-refractivity contribution < 1.29 is 27.4 Å². The smallest absolute Gasteiger partial charge is 0.405 e. The lowest BCUT2D eigenvalue weighted by Crippen LogP contribution is -2.36. The van der Waals surface area contributed by atoms with Crippen LogP contribution in [0.2, 0.25) is 0 Å². The summed E-state index contributed by atoms with van der Waals surface area (Å²) >= 11 is 0. The van der Waals surface area contributed by atoms with E-state index in [9.17, 15) is 18.0 Å². The van der Waals surface area contributed by atoms with Gasteiger partial charge in [-0.25, -0.2) is 0 Å². The first-order valence-electron chi connectivity index (χ1n) is 5.95. The van der Waals surface area contributed by atoms with E-state index in [4.69, 9.17) is 9.47 Å². The molecule has 0 saturated carbocycles. The van der Waals surface area contributed by atoms with Gasteiger partial charge in [0.05, 0.1) is 6.61 Å². The molecule has 0 heterocycles. The molecule has 0 saturated heterocycles. The molecule has 0 bridgehead atoms. The van der Waals surface area contributed by atoms with Crippen LogP contribution in [-0.4, -0.2) is 39.0 Å². The average molecular weight is 291 g/mol. The Labute approximate surface area is 114 Å². The highest BCUT2D eigenvalue weighted by molar-refractivity contribution is 5.77. The fourth-order valence-electron chi connectivity index (χ4n) is 1.37. The number of carbonyl (C=O) groups excluding carboxylic acids is 1. The van der Waals surface area contributed by atoms with Gasteiger partial charge in [-0.05, 0) is 24.1 Å². The summed E-state index contributed by atoms with van der Waals surface area (Å²) in [7, 11) is 1.61. The standard InChI is InChI=1S/C13H16F3NO3/c1-19-7-6-10-2-4-11(5-3-10)20-8-12(18)17-9-13(14,15)16/h2-5H,6-9H2,1H3,(H,17,18). The van der Waals surface area contributed by atoms with Crippen LogP contribution >= 0.6 is 0 Å². The number of alkyl halides is 3. The minimum absolute atomic E-state index is 0.424. The third-order valence-corrected chi connectivity index (χ3v) is 2.37. The molecule has 4 nitrogen and oxygen atoms in total. The minimum Gasteiger partial charge on any atom is -0.484 e. The predicted molar refractivity (Wildman–Crippen MR) is 66.6 cm³/mol. The van der Waals surface area contributed by atoms with Gasteiger partial charge in [-0.2, -0.15) is 13.2 Å². The predicted octanol–water partition coefficient (Wildman–Crippen LogP) is 1.93. The van der Waals surface area contributed by atoms with E-state index in [1.807, 2.05) is 12.1 Å². The van der Waals surface area contributed by atoms with E-state index >= 15 is 0 Å². The second-order valence-corrected chi connectivity index (χ2v) is 4.07. The Morgan fingerprint density at radius 3 is 2.45 bits per heavy atom. The Balaban J connectivity index is 2.32. The van der Waals surface area contributed by atoms with Crippen LogP contribution in [0.3, 0.4) is 0 Å². The van der Waals surface area contributed by atoms with Gasteiger partial charge in [-0.15, -0.1) is 0 Å². The molecule has 0 aliphatic carbocycles. The number of nitrogens with one attached hydrogen (secondary N) is 1. The molecule has 112 valence electrons. The second-order valence-electron chi connectivity index (χ2n) is 4.07. The average Bonchev–Trinajstić information content (AvgIpc) is 2.41. The van der Waals surface area contributed by atoms with Crippen molar-refractivity contribution in [2.24, 2.45) is 0 Å². The SMILES string of the molecule is COCCc1ccc(OCC(=O)NCC(F)(F)F)cc1. The highest BCUT2D eigenvalue weighted by atomic mass is 19.4. The summed E-state index contributed by atoms with van der Waals surface area (Å²) in [5.74, 6) is -0.390. The molecule has 1 amide bonds. The molecule has 1 rings (SSSR count). The summed E-state index contributed by atoms with van der Waals surface area (Å²) in [6.45, 7) is -1.21. The van der Waals surface area contributed by atoms with Crippen LogP contribution in [0.25, 0.3) is 0 Å². The van der Waals surface area contributed by atoms with Crippen molar-refractivity contribution in [2.45, 2.75) is 12.6 Å². The van der Waals surface area contributed by atoms with Gasteiger partial charge in [-0.3, -0.25) is 4.79 Å². The van der Waals surface area contributed by atoms with Crippen LogP contribution in [0.15, 0.2) is 24.3 Å². The Morgan fingerprint density at radius 2 is 1.90 bits per heavy atom. The highest BCUT2D eigenvalue weighted by Crippen LogP contribution is 2.13. The van der Waals surface area contributed by atoms with E-state index < -0.39 is 25.2 Å². The first-order valence-corrected chi connectivity index (χ1v) is 5.95. The van der Waals surface area contributed by atoms with Crippen LogP contribution in [0.5, 0.6) is 5.75 Å². The largest absolute Gasteiger partial charge is 0.484 e. The van der Waals surface area contributed by atoms with Crippen molar-refractivity contribution in [2.75, 3.05) is 26.9 Å². The van der Waals surface area contributed by atoms with Gasteiger partial charge in [0.2, 0.25) is 0 Å². The fraction of sp³-hybridized carbons (Fsp3) is 0.462. The molecule has 0 aliphatic rings. The maximum Gasteiger partial charge on any atom is 0.405 e. The van der Waals surface area contributed by atoms with Crippen LogP contribution in [0.4, 0.5) is 13.2 Å². The van der Waals surface area contributed by atoms with Gasteiger partial charge in [-0.1, -0.05) is 12.1 Å². The van der Waals surface area contributed by atoms with E-state index in [0.29, 0.717) is 12.4 Å². The third-order valence-electron chi connectivity index (χ3n) is 2.37. The Morgan fingerprint density at radius 1 is 1.25 bits per heavy atom. The molecule has 0 atom stereocenters. The zero-order valence-corrected chi connectivity index (χ0v) is 11.0. The van der Waals surface area contributed by atoms with Gasteiger partial charge in [0.25, 0.3) is 5.91 Å². The first kappa shape index (κ1) is 16.3. The van der Waals surface area contributed by atoms with Gasteiger partial charge in [0.1, 0.15) is 12.3 Å². The lowest BCUT2D eigenvalue weighted by molar-refractivity contribution is -0.139. The van der Waals surface area contributed by atoms with E-state index in [1.54, 1.807) is 24.6 Å². The summed E-state index contributed by atoms with van der Waals surface area (Å²) in [5, 5.41) is 1.73. The Kier molecular flexibility index (Phi) is 6.30. The topological polar surface area (TPSA) is 47.6 Å². The maximum absolute atomic E-state index is 11.9. The zero-order chi connectivity index (χ0) is 15.0. The number of hydrogen-bond donors (Lipinski definition) is 1. The summed E-state index contributed by atoms with van der Waals surface area (Å²) in [6.07, 6.45) is -3.67. The minimum atomic E-state index is -4.42. The number of ether oxygens (including phenoxy) is 2. The molecule has 0 unspecified atom stereocenters. The fourth-order valence-corrected chi connectivity index (χ4v) is 1.37. The second kappa shape index (κ2) is 7.74. The monoisotopic (exact) mass is 291 g/mol. The van der Waals surface area contributed by atoms with Crippen molar-refractivity contribution in [3.8, 4) is 5.75 Å². The molecule has 0 fully saturated rings. The third kappa shape index (κ3) is 6.98. The van der Waals surface area contributed by atoms with Gasteiger partial charge in [0.15, 0.2) is 6.61 Å². The van der Waals surface area contributed by atoms with Crippen molar-refractivity contribution >= 4 is 5.91 Å². The number of benzene rings is 1. The van der Waals surface area contributed by atoms with Gasteiger partial charge >= 0.3 is 6.18 Å². The molecule has 1 aromatic carbocycles. The molecular weight excluding hydrogens is 275 g/mol. The number of methoxy groups -OCH3 is 1. The highest BCUT2D eigenvalue weighted by Gasteiger charge is 2.27. The lowest BCUT2D eigenvalue weighted by atomic mass is 10.1. The lowest BCUT2D eigenvalue weighted by Gasteiger charge is -2.09. The van der Waals surface area contributed by atoms with Crippen molar-refractivity contribution in [1.29, 1.82) is 0 Å². The quantitative estimate of drug-likeness (QED) is 0.835. The molecular formula is C13H16F3NO3. The number of carbonyl (C=O) groups is 1. The summed E-state index contributed by atoms with van der Waals surface area (Å²) in [4.78, 5) is 11.1. The van der Waals surface area contributed by atoms with Crippen LogP contribution in [-0.2, 0) is 16.0 Å². The van der Waals surface area contributed by atoms with E-state index in [1.165, 1.54) is 0 Å². The normalized spacial score (nSPS) is 11.2. The maximum atomic E-state index is 11.9. The van der Waals surface area contributed by atoms with Crippen molar-refractivity contribution in [3.63, 3.8) is 0 Å². The molecule has 1 aromatic rings. The van der Waals surface area contributed by atoms with Crippen molar-refractivity contribution in [1.82, 2.24) is 5.32 Å².